The van der Waals surface area contributed by atoms with Gasteiger partial charge in [0.2, 0.25) is 11.9 Å². The molecule has 0 bridgehead atoms. The summed E-state index contributed by atoms with van der Waals surface area (Å²) in [5, 5.41) is 3.54. The van der Waals surface area contributed by atoms with Crippen LogP contribution in [0.4, 0.5) is 5.95 Å². The first kappa shape index (κ1) is 11.7. The number of amides is 1. The van der Waals surface area contributed by atoms with E-state index in [1.165, 1.54) is 0 Å². The van der Waals surface area contributed by atoms with Crippen LogP contribution in [0.15, 0.2) is 29.1 Å². The van der Waals surface area contributed by atoms with Gasteiger partial charge in [-0.3, -0.25) is 14.6 Å². The largest absolute Gasteiger partial charge is 0.344 e. The van der Waals surface area contributed by atoms with Crippen LogP contribution in [0.2, 0.25) is 0 Å². The van der Waals surface area contributed by atoms with Crippen LogP contribution in [0.25, 0.3) is 10.9 Å². The summed E-state index contributed by atoms with van der Waals surface area (Å²) in [4.78, 5) is 32.3. The first-order chi connectivity index (χ1) is 9.15. The number of likely N-dealkylation sites (N-methyl/N-ethyl adjacent to an activating group) is 1. The second-order valence-electron chi connectivity index (χ2n) is 4.68. The number of aromatic nitrogens is 2. The third-order valence-corrected chi connectivity index (χ3v) is 3.35. The summed E-state index contributed by atoms with van der Waals surface area (Å²) in [5.41, 5.74) is 0.416. The SMILES string of the molecule is CN1CCC(Nc2nc3ccccc3c(=O)[nH]2)C1=O. The topological polar surface area (TPSA) is 78.1 Å². The number of hydrogen-bond donors (Lipinski definition) is 2. The van der Waals surface area contributed by atoms with Gasteiger partial charge < -0.3 is 10.2 Å². The normalized spacial score (nSPS) is 19.1. The summed E-state index contributed by atoms with van der Waals surface area (Å²) in [5.74, 6) is 0.369. The molecule has 2 aromatic rings. The van der Waals surface area contributed by atoms with Gasteiger partial charge in [0, 0.05) is 13.6 Å². The fraction of sp³-hybridized carbons (Fsp3) is 0.308. The number of hydrogen-bond acceptors (Lipinski definition) is 4. The number of likely N-dealkylation sites (tertiary alicyclic amines) is 1. The molecule has 3 rings (SSSR count). The van der Waals surface area contributed by atoms with E-state index in [1.54, 1.807) is 30.1 Å². The van der Waals surface area contributed by atoms with Crippen LogP contribution in [0.5, 0.6) is 0 Å². The van der Waals surface area contributed by atoms with Crippen molar-refractivity contribution < 1.29 is 4.79 Å². The molecule has 1 aliphatic rings. The Balaban J connectivity index is 1.94. The van der Waals surface area contributed by atoms with Gasteiger partial charge in [0.25, 0.3) is 5.56 Å². The number of benzene rings is 1. The van der Waals surface area contributed by atoms with Crippen LogP contribution < -0.4 is 10.9 Å². The quantitative estimate of drug-likeness (QED) is 0.825. The maximum atomic E-state index is 11.9. The molecule has 1 aromatic carbocycles. The van der Waals surface area contributed by atoms with Crippen LogP contribution in [-0.4, -0.2) is 40.4 Å². The maximum absolute atomic E-state index is 11.9. The van der Waals surface area contributed by atoms with E-state index in [-0.39, 0.29) is 17.5 Å². The Bertz CT molecular complexity index is 694. The summed E-state index contributed by atoms with van der Waals surface area (Å²) in [6.07, 6.45) is 0.714. The monoisotopic (exact) mass is 258 g/mol. The second kappa shape index (κ2) is 4.38. The maximum Gasteiger partial charge on any atom is 0.260 e. The number of rotatable bonds is 2. The number of nitrogens with one attached hydrogen (secondary N) is 2. The van der Waals surface area contributed by atoms with Crippen molar-refractivity contribution in [1.82, 2.24) is 14.9 Å². The van der Waals surface area contributed by atoms with Crippen molar-refractivity contribution in [2.45, 2.75) is 12.5 Å². The number of anilines is 1. The number of H-pyrrole nitrogens is 1. The highest BCUT2D eigenvalue weighted by Gasteiger charge is 2.29. The standard InChI is InChI=1S/C13H14N4O2/c1-17-7-6-10(12(17)19)15-13-14-9-5-3-2-4-8(9)11(18)16-13/h2-5,10H,6-7H2,1H3,(H2,14,15,16,18). The molecule has 1 fully saturated rings. The Kier molecular flexibility index (Phi) is 2.70. The van der Waals surface area contributed by atoms with E-state index >= 15 is 0 Å². The molecule has 0 saturated carbocycles. The van der Waals surface area contributed by atoms with Crippen molar-refractivity contribution in [1.29, 1.82) is 0 Å². The molecule has 1 unspecified atom stereocenters. The lowest BCUT2D eigenvalue weighted by atomic mass is 10.2. The number of nitrogens with zero attached hydrogens (tertiary/aromatic N) is 2. The molecule has 98 valence electrons. The Morgan fingerprint density at radius 1 is 1.37 bits per heavy atom. The first-order valence-electron chi connectivity index (χ1n) is 6.16. The Hall–Kier alpha value is -2.37. The van der Waals surface area contributed by atoms with Crippen LogP contribution in [0.3, 0.4) is 0 Å². The number of fused-ring (bicyclic) bond motifs is 1. The molecule has 19 heavy (non-hydrogen) atoms. The van der Waals surface area contributed by atoms with E-state index in [0.29, 0.717) is 29.8 Å². The van der Waals surface area contributed by atoms with E-state index in [9.17, 15) is 9.59 Å². The average molecular weight is 258 g/mol. The third kappa shape index (κ3) is 2.05. The zero-order chi connectivity index (χ0) is 13.4. The molecular formula is C13H14N4O2. The number of para-hydroxylation sites is 1. The molecule has 0 spiro atoms. The number of aromatic amines is 1. The van der Waals surface area contributed by atoms with Crippen molar-refractivity contribution in [2.24, 2.45) is 0 Å². The second-order valence-corrected chi connectivity index (χ2v) is 4.68. The lowest BCUT2D eigenvalue weighted by Crippen LogP contribution is -2.32. The Labute approximate surface area is 109 Å². The molecule has 6 heteroatoms. The zero-order valence-electron chi connectivity index (χ0n) is 10.5. The molecule has 1 atom stereocenters. The van der Waals surface area contributed by atoms with Gasteiger partial charge in [0.15, 0.2) is 0 Å². The summed E-state index contributed by atoms with van der Waals surface area (Å²) < 4.78 is 0. The average Bonchev–Trinajstić information content (AvgIpc) is 2.71. The molecule has 2 heterocycles. The molecule has 6 nitrogen and oxygen atoms in total. The highest BCUT2D eigenvalue weighted by Crippen LogP contribution is 2.14. The Morgan fingerprint density at radius 2 is 2.16 bits per heavy atom. The van der Waals surface area contributed by atoms with Gasteiger partial charge >= 0.3 is 0 Å². The lowest BCUT2D eigenvalue weighted by molar-refractivity contribution is -0.127. The molecular weight excluding hydrogens is 244 g/mol. The molecule has 1 aliphatic heterocycles. The van der Waals surface area contributed by atoms with E-state index < -0.39 is 0 Å². The number of carbonyl (C=O) groups excluding carboxylic acids is 1. The fourth-order valence-corrected chi connectivity index (χ4v) is 2.28. The van der Waals surface area contributed by atoms with Gasteiger partial charge in [-0.05, 0) is 18.6 Å². The molecule has 1 amide bonds. The van der Waals surface area contributed by atoms with E-state index in [0.717, 1.165) is 0 Å². The summed E-state index contributed by atoms with van der Waals surface area (Å²) in [7, 11) is 1.76. The van der Waals surface area contributed by atoms with Crippen molar-refractivity contribution in [3.8, 4) is 0 Å². The van der Waals surface area contributed by atoms with Crippen molar-refractivity contribution in [3.63, 3.8) is 0 Å². The van der Waals surface area contributed by atoms with Gasteiger partial charge in [0.1, 0.15) is 6.04 Å². The van der Waals surface area contributed by atoms with Crippen LogP contribution in [0.1, 0.15) is 6.42 Å². The summed E-state index contributed by atoms with van der Waals surface area (Å²) in [6.45, 7) is 0.717. The minimum absolute atomic E-state index is 0.0239. The van der Waals surface area contributed by atoms with Crippen molar-refractivity contribution >= 4 is 22.8 Å². The van der Waals surface area contributed by atoms with Gasteiger partial charge in [-0.1, -0.05) is 12.1 Å². The first-order valence-corrected chi connectivity index (χ1v) is 6.16. The highest BCUT2D eigenvalue weighted by molar-refractivity contribution is 5.86. The van der Waals surface area contributed by atoms with E-state index in [4.69, 9.17) is 0 Å². The predicted octanol–water partition coefficient (Wildman–Crippen LogP) is 0.566. The van der Waals surface area contributed by atoms with Crippen molar-refractivity contribution in [2.75, 3.05) is 18.9 Å². The highest BCUT2D eigenvalue weighted by atomic mass is 16.2. The minimum atomic E-state index is -0.311. The molecule has 0 aliphatic carbocycles. The minimum Gasteiger partial charge on any atom is -0.344 e. The smallest absolute Gasteiger partial charge is 0.260 e. The summed E-state index contributed by atoms with van der Waals surface area (Å²) in [6, 6.07) is 6.81. The number of carbonyl (C=O) groups is 1. The van der Waals surface area contributed by atoms with Gasteiger partial charge in [-0.15, -0.1) is 0 Å². The van der Waals surface area contributed by atoms with Gasteiger partial charge in [-0.2, -0.15) is 0 Å². The van der Waals surface area contributed by atoms with Gasteiger partial charge in [0.05, 0.1) is 10.9 Å². The Morgan fingerprint density at radius 3 is 2.89 bits per heavy atom. The van der Waals surface area contributed by atoms with Crippen LogP contribution >= 0.6 is 0 Å². The van der Waals surface area contributed by atoms with E-state index in [1.807, 2.05) is 6.07 Å². The molecule has 1 aromatic heterocycles. The summed E-state index contributed by atoms with van der Waals surface area (Å²) >= 11 is 0. The predicted molar refractivity (Wildman–Crippen MR) is 72.0 cm³/mol. The van der Waals surface area contributed by atoms with E-state index in [2.05, 4.69) is 15.3 Å². The molecule has 2 N–H and O–H groups in total. The van der Waals surface area contributed by atoms with Crippen molar-refractivity contribution in [3.05, 3.63) is 34.6 Å². The zero-order valence-corrected chi connectivity index (χ0v) is 10.5. The fourth-order valence-electron chi connectivity index (χ4n) is 2.28. The van der Waals surface area contributed by atoms with Gasteiger partial charge in [-0.25, -0.2) is 4.98 Å². The molecule has 1 saturated heterocycles. The third-order valence-electron chi connectivity index (χ3n) is 3.35. The van der Waals surface area contributed by atoms with Crippen LogP contribution in [0, 0.1) is 0 Å². The molecule has 0 radical (unpaired) electrons. The lowest BCUT2D eigenvalue weighted by Gasteiger charge is -2.12. The van der Waals surface area contributed by atoms with Crippen LogP contribution in [-0.2, 0) is 4.79 Å².